The van der Waals surface area contributed by atoms with Gasteiger partial charge in [-0.1, -0.05) is 17.3 Å². The van der Waals surface area contributed by atoms with E-state index in [-0.39, 0.29) is 11.6 Å². The van der Waals surface area contributed by atoms with E-state index in [9.17, 15) is 4.79 Å². The summed E-state index contributed by atoms with van der Waals surface area (Å²) in [6.07, 6.45) is 2.60. The fourth-order valence-electron chi connectivity index (χ4n) is 4.06. The maximum atomic E-state index is 12.5. The summed E-state index contributed by atoms with van der Waals surface area (Å²) in [5.74, 6) is 0.758. The number of benzene rings is 1. The summed E-state index contributed by atoms with van der Waals surface area (Å²) in [6.45, 7) is 5.72. The van der Waals surface area contributed by atoms with E-state index < -0.39 is 0 Å². The third-order valence-corrected chi connectivity index (χ3v) is 6.06. The van der Waals surface area contributed by atoms with Gasteiger partial charge in [-0.25, -0.2) is 4.79 Å². The molecule has 1 aromatic heterocycles. The molecule has 4 rings (SSSR count). The third-order valence-electron chi connectivity index (χ3n) is 6.06. The Labute approximate surface area is 164 Å². The van der Waals surface area contributed by atoms with Gasteiger partial charge in [0.2, 0.25) is 5.88 Å². The molecule has 1 spiro atoms. The van der Waals surface area contributed by atoms with E-state index in [4.69, 9.17) is 14.5 Å². The highest BCUT2D eigenvalue weighted by Crippen LogP contribution is 2.42. The highest BCUT2D eigenvalue weighted by atomic mass is 16.5. The Balaban J connectivity index is 1.34. The second-order valence-electron chi connectivity index (χ2n) is 7.77. The van der Waals surface area contributed by atoms with E-state index in [1.54, 1.807) is 4.90 Å². The van der Waals surface area contributed by atoms with Gasteiger partial charge < -0.3 is 14.2 Å². The lowest BCUT2D eigenvalue weighted by atomic mass is 9.83. The predicted octanol–water partition coefficient (Wildman–Crippen LogP) is 3.73. The number of amides is 2. The number of nitrogens with zero attached hydrogens (tertiary/aromatic N) is 3. The maximum Gasteiger partial charge on any atom is 0.324 e. The largest absolute Gasteiger partial charge is 0.374 e. The van der Waals surface area contributed by atoms with Crippen molar-refractivity contribution in [3.05, 3.63) is 46.6 Å². The van der Waals surface area contributed by atoms with Crippen molar-refractivity contribution < 1.29 is 14.1 Å². The quantitative estimate of drug-likeness (QED) is 0.857. The van der Waals surface area contributed by atoms with Crippen molar-refractivity contribution >= 4 is 11.9 Å². The Morgan fingerprint density at radius 1 is 1.29 bits per heavy atom. The minimum absolute atomic E-state index is 0.157. The molecule has 2 aliphatic heterocycles. The predicted molar refractivity (Wildman–Crippen MR) is 103 cm³/mol. The molecule has 2 aromatic rings. The second kappa shape index (κ2) is 7.28. The lowest BCUT2D eigenvalue weighted by molar-refractivity contribution is -0.0355. The second-order valence-corrected chi connectivity index (χ2v) is 7.77. The Morgan fingerprint density at radius 2 is 2.00 bits per heavy atom. The molecule has 0 bridgehead atoms. The van der Waals surface area contributed by atoms with Crippen LogP contribution < -0.4 is 5.32 Å². The first-order valence-electron chi connectivity index (χ1n) is 9.62. The number of nitriles is 1. The van der Waals surface area contributed by atoms with Crippen LogP contribution in [-0.4, -0.2) is 41.4 Å². The van der Waals surface area contributed by atoms with Gasteiger partial charge in [0, 0.05) is 24.6 Å². The van der Waals surface area contributed by atoms with E-state index in [0.29, 0.717) is 37.1 Å². The van der Waals surface area contributed by atoms with Crippen LogP contribution in [0.2, 0.25) is 0 Å². The Hall–Kier alpha value is -2.85. The van der Waals surface area contributed by atoms with Crippen molar-refractivity contribution in [2.24, 2.45) is 0 Å². The molecule has 0 radical (unpaired) electrons. The van der Waals surface area contributed by atoms with Crippen molar-refractivity contribution in [1.82, 2.24) is 10.1 Å². The zero-order valence-electron chi connectivity index (χ0n) is 16.2. The molecular weight excluding hydrogens is 356 g/mol. The molecule has 1 aromatic carbocycles. The maximum absolute atomic E-state index is 12.5. The van der Waals surface area contributed by atoms with Crippen LogP contribution in [0.4, 0.5) is 10.7 Å². The Morgan fingerprint density at radius 3 is 2.61 bits per heavy atom. The highest BCUT2D eigenvalue weighted by Gasteiger charge is 2.43. The summed E-state index contributed by atoms with van der Waals surface area (Å²) in [5, 5.41) is 15.6. The molecule has 1 N–H and O–H groups in total. The number of nitrogens with one attached hydrogen (secondary N) is 1. The first-order valence-corrected chi connectivity index (χ1v) is 9.62. The number of aryl methyl sites for hydroxylation is 1. The smallest absolute Gasteiger partial charge is 0.324 e. The minimum Gasteiger partial charge on any atom is -0.374 e. The van der Waals surface area contributed by atoms with Crippen LogP contribution in [0.3, 0.4) is 0 Å². The average Bonchev–Trinajstić information content (AvgIpc) is 3.27. The summed E-state index contributed by atoms with van der Waals surface area (Å²) in [6, 6.07) is 9.77. The van der Waals surface area contributed by atoms with Gasteiger partial charge in [0.05, 0.1) is 29.5 Å². The third kappa shape index (κ3) is 3.48. The number of aromatic nitrogens is 1. The van der Waals surface area contributed by atoms with Crippen molar-refractivity contribution in [3.63, 3.8) is 0 Å². The van der Waals surface area contributed by atoms with Crippen LogP contribution in [0.15, 0.2) is 28.8 Å². The first kappa shape index (κ1) is 18.5. The number of anilines is 1. The summed E-state index contributed by atoms with van der Waals surface area (Å²) < 4.78 is 11.4. The number of hydrogen-bond acceptors (Lipinski definition) is 5. The lowest BCUT2D eigenvalue weighted by Crippen LogP contribution is -2.47. The lowest BCUT2D eigenvalue weighted by Gasteiger charge is -2.38. The summed E-state index contributed by atoms with van der Waals surface area (Å²) >= 11 is 0. The van der Waals surface area contributed by atoms with Crippen molar-refractivity contribution in [1.29, 1.82) is 5.26 Å². The number of rotatable bonds is 2. The summed E-state index contributed by atoms with van der Waals surface area (Å²) in [4.78, 5) is 14.3. The molecule has 146 valence electrons. The Bertz CT molecular complexity index is 905. The van der Waals surface area contributed by atoms with Crippen LogP contribution >= 0.6 is 0 Å². The molecule has 2 amide bonds. The van der Waals surface area contributed by atoms with Crippen LogP contribution in [0.1, 0.15) is 47.6 Å². The fourth-order valence-corrected chi connectivity index (χ4v) is 4.06. The van der Waals surface area contributed by atoms with Crippen LogP contribution in [0.5, 0.6) is 0 Å². The SMILES string of the molecule is Cc1noc(NC(=O)N2CCC3(CC2)CC(c2ccc(C#N)cc2)CO3)c1C. The van der Waals surface area contributed by atoms with E-state index in [0.717, 1.165) is 30.5 Å². The molecule has 7 nitrogen and oxygen atoms in total. The van der Waals surface area contributed by atoms with E-state index in [1.165, 1.54) is 5.56 Å². The first-order chi connectivity index (χ1) is 13.5. The number of carbonyl (C=O) groups is 1. The number of hydrogen-bond donors (Lipinski definition) is 1. The number of ether oxygens (including phenoxy) is 1. The molecule has 2 aliphatic rings. The molecule has 28 heavy (non-hydrogen) atoms. The van der Waals surface area contributed by atoms with Gasteiger partial charge in [0.1, 0.15) is 0 Å². The van der Waals surface area contributed by atoms with Gasteiger partial charge in [-0.3, -0.25) is 5.32 Å². The van der Waals surface area contributed by atoms with Gasteiger partial charge in [0.25, 0.3) is 0 Å². The molecule has 2 saturated heterocycles. The van der Waals surface area contributed by atoms with Crippen molar-refractivity contribution in [2.45, 2.75) is 44.6 Å². The molecule has 3 heterocycles. The van der Waals surface area contributed by atoms with Gasteiger partial charge in [0.15, 0.2) is 0 Å². The van der Waals surface area contributed by atoms with Crippen molar-refractivity contribution in [2.75, 3.05) is 25.0 Å². The normalized spacial score (nSPS) is 20.9. The molecule has 1 atom stereocenters. The van der Waals surface area contributed by atoms with Crippen LogP contribution in [0.25, 0.3) is 0 Å². The number of likely N-dealkylation sites (tertiary alicyclic amines) is 1. The minimum atomic E-state index is -0.159. The summed E-state index contributed by atoms with van der Waals surface area (Å²) in [7, 11) is 0. The molecule has 7 heteroatoms. The number of piperidine rings is 1. The molecule has 0 saturated carbocycles. The monoisotopic (exact) mass is 380 g/mol. The summed E-state index contributed by atoms with van der Waals surface area (Å²) in [5.41, 5.74) is 3.36. The van der Waals surface area contributed by atoms with Gasteiger partial charge in [-0.05, 0) is 50.8 Å². The van der Waals surface area contributed by atoms with E-state index in [2.05, 4.69) is 16.5 Å². The molecule has 1 unspecified atom stereocenters. The van der Waals surface area contributed by atoms with E-state index >= 15 is 0 Å². The number of urea groups is 1. The standard InChI is InChI=1S/C21H24N4O3/c1-14-15(2)24-28-19(14)23-20(26)25-9-7-21(8-10-25)11-18(13-27-21)17-5-3-16(12-22)4-6-17/h3-6,18H,7-11,13H2,1-2H3,(H,23,26). The van der Waals surface area contributed by atoms with Gasteiger partial charge >= 0.3 is 6.03 Å². The molecule has 0 aliphatic carbocycles. The highest BCUT2D eigenvalue weighted by molar-refractivity contribution is 5.88. The van der Waals surface area contributed by atoms with Crippen LogP contribution in [0, 0.1) is 25.2 Å². The Kier molecular flexibility index (Phi) is 4.82. The average molecular weight is 380 g/mol. The molecular formula is C21H24N4O3. The topological polar surface area (TPSA) is 91.4 Å². The van der Waals surface area contributed by atoms with Gasteiger partial charge in [-0.15, -0.1) is 0 Å². The van der Waals surface area contributed by atoms with Gasteiger partial charge in [-0.2, -0.15) is 5.26 Å². The zero-order valence-corrected chi connectivity index (χ0v) is 16.2. The van der Waals surface area contributed by atoms with Crippen molar-refractivity contribution in [3.8, 4) is 6.07 Å². The molecule has 2 fully saturated rings. The number of carbonyl (C=O) groups excluding carboxylic acids is 1. The van der Waals surface area contributed by atoms with Crippen LogP contribution in [-0.2, 0) is 4.74 Å². The fraction of sp³-hybridized carbons (Fsp3) is 0.476. The van der Waals surface area contributed by atoms with E-state index in [1.807, 2.05) is 38.1 Å². The zero-order chi connectivity index (χ0) is 19.7.